The first kappa shape index (κ1) is 17.7. The van der Waals surface area contributed by atoms with Crippen LogP contribution in [0.5, 0.6) is 11.5 Å². The van der Waals surface area contributed by atoms with Gasteiger partial charge in [0.15, 0.2) is 11.5 Å². The summed E-state index contributed by atoms with van der Waals surface area (Å²) in [5, 5.41) is 5.82. The molecule has 1 aromatic carbocycles. The number of benzene rings is 1. The zero-order valence-corrected chi connectivity index (χ0v) is 14.3. The van der Waals surface area contributed by atoms with Gasteiger partial charge in [-0.25, -0.2) is 4.98 Å². The molecule has 0 spiro atoms. The second-order valence-electron chi connectivity index (χ2n) is 5.29. The highest BCUT2D eigenvalue weighted by molar-refractivity contribution is 5.97. The summed E-state index contributed by atoms with van der Waals surface area (Å²) in [6, 6.07) is 7.48. The molecule has 0 saturated heterocycles. The van der Waals surface area contributed by atoms with E-state index in [2.05, 4.69) is 15.6 Å². The van der Waals surface area contributed by atoms with Gasteiger partial charge in [-0.2, -0.15) is 0 Å². The van der Waals surface area contributed by atoms with E-state index in [1.165, 1.54) is 0 Å². The molecule has 0 aliphatic rings. The molecule has 2 rings (SSSR count). The number of aryl methyl sites for hydroxylation is 1. The lowest BCUT2D eigenvalue weighted by Gasteiger charge is -2.09. The Bertz CT molecular complexity index is 652. The summed E-state index contributed by atoms with van der Waals surface area (Å²) in [6.45, 7) is 1.20. The maximum Gasteiger partial charge on any atom is 0.271 e. The van der Waals surface area contributed by atoms with E-state index in [1.807, 2.05) is 24.3 Å². The van der Waals surface area contributed by atoms with Gasteiger partial charge in [0, 0.05) is 20.6 Å². The lowest BCUT2D eigenvalue weighted by atomic mass is 10.3. The SMILES string of the molecule is CNc1ncn(C)c1C(=O)NCCCCOc1ccc(OC)cc1. The van der Waals surface area contributed by atoms with Crippen molar-refractivity contribution in [1.82, 2.24) is 14.9 Å². The Kier molecular flexibility index (Phi) is 6.48. The van der Waals surface area contributed by atoms with Crippen LogP contribution in [0.25, 0.3) is 0 Å². The van der Waals surface area contributed by atoms with E-state index >= 15 is 0 Å². The zero-order valence-electron chi connectivity index (χ0n) is 14.3. The van der Waals surface area contributed by atoms with Crippen molar-refractivity contribution in [2.24, 2.45) is 7.05 Å². The van der Waals surface area contributed by atoms with Crippen molar-refractivity contribution in [1.29, 1.82) is 0 Å². The van der Waals surface area contributed by atoms with Crippen LogP contribution in [0.2, 0.25) is 0 Å². The van der Waals surface area contributed by atoms with Crippen LogP contribution in [0.15, 0.2) is 30.6 Å². The fourth-order valence-electron chi connectivity index (χ4n) is 2.26. The third-order valence-electron chi connectivity index (χ3n) is 3.57. The third-order valence-corrected chi connectivity index (χ3v) is 3.57. The maximum atomic E-state index is 12.2. The number of anilines is 1. The Morgan fingerprint density at radius 1 is 1.21 bits per heavy atom. The number of carbonyl (C=O) groups excluding carboxylic acids is 1. The van der Waals surface area contributed by atoms with E-state index < -0.39 is 0 Å². The molecular formula is C17H24N4O3. The molecule has 0 aliphatic heterocycles. The average Bonchev–Trinajstić information content (AvgIpc) is 2.99. The zero-order chi connectivity index (χ0) is 17.4. The first-order valence-electron chi connectivity index (χ1n) is 7.90. The number of ether oxygens (including phenoxy) is 2. The summed E-state index contributed by atoms with van der Waals surface area (Å²) in [5.41, 5.74) is 0.534. The normalized spacial score (nSPS) is 10.3. The Labute approximate surface area is 142 Å². The molecule has 0 radical (unpaired) electrons. The van der Waals surface area contributed by atoms with Crippen LogP contribution in [0.1, 0.15) is 23.3 Å². The number of aromatic nitrogens is 2. The first-order chi connectivity index (χ1) is 11.7. The van der Waals surface area contributed by atoms with E-state index in [0.717, 1.165) is 24.3 Å². The molecule has 1 aromatic heterocycles. The summed E-state index contributed by atoms with van der Waals surface area (Å²) in [7, 11) is 5.18. The molecule has 130 valence electrons. The smallest absolute Gasteiger partial charge is 0.271 e. The van der Waals surface area contributed by atoms with Gasteiger partial charge >= 0.3 is 0 Å². The molecule has 1 heterocycles. The summed E-state index contributed by atoms with van der Waals surface area (Å²) in [5.74, 6) is 2.07. The van der Waals surface area contributed by atoms with Gasteiger partial charge in [0.1, 0.15) is 11.5 Å². The summed E-state index contributed by atoms with van der Waals surface area (Å²) < 4.78 is 12.4. The van der Waals surface area contributed by atoms with E-state index in [1.54, 1.807) is 32.1 Å². The first-order valence-corrected chi connectivity index (χ1v) is 7.90. The largest absolute Gasteiger partial charge is 0.497 e. The molecule has 0 fully saturated rings. The highest BCUT2D eigenvalue weighted by atomic mass is 16.5. The van der Waals surface area contributed by atoms with E-state index in [9.17, 15) is 4.79 Å². The van der Waals surface area contributed by atoms with Crippen LogP contribution in [-0.2, 0) is 7.05 Å². The molecule has 24 heavy (non-hydrogen) atoms. The van der Waals surface area contributed by atoms with E-state index in [0.29, 0.717) is 24.7 Å². The van der Waals surface area contributed by atoms with Crippen LogP contribution in [0.4, 0.5) is 5.82 Å². The monoisotopic (exact) mass is 332 g/mol. The van der Waals surface area contributed by atoms with Crippen LogP contribution in [0, 0.1) is 0 Å². The summed E-state index contributed by atoms with van der Waals surface area (Å²) >= 11 is 0. The van der Waals surface area contributed by atoms with Gasteiger partial charge in [-0.15, -0.1) is 0 Å². The summed E-state index contributed by atoms with van der Waals surface area (Å²) in [4.78, 5) is 16.3. The minimum atomic E-state index is -0.129. The number of methoxy groups -OCH3 is 1. The Hall–Kier alpha value is -2.70. The molecule has 7 nitrogen and oxygen atoms in total. The number of imidazole rings is 1. The van der Waals surface area contributed by atoms with Gasteiger partial charge in [0.2, 0.25) is 0 Å². The highest BCUT2D eigenvalue weighted by Gasteiger charge is 2.15. The quantitative estimate of drug-likeness (QED) is 0.687. The van der Waals surface area contributed by atoms with Gasteiger partial charge in [0.25, 0.3) is 5.91 Å². The predicted molar refractivity (Wildman–Crippen MR) is 92.8 cm³/mol. The summed E-state index contributed by atoms with van der Waals surface area (Å²) in [6.07, 6.45) is 3.31. The number of amides is 1. The number of hydrogen-bond donors (Lipinski definition) is 2. The molecule has 7 heteroatoms. The average molecular weight is 332 g/mol. The number of nitrogens with one attached hydrogen (secondary N) is 2. The number of nitrogens with zero attached hydrogens (tertiary/aromatic N) is 2. The molecular weight excluding hydrogens is 308 g/mol. The third kappa shape index (κ3) is 4.65. The van der Waals surface area contributed by atoms with Crippen LogP contribution in [-0.4, -0.2) is 42.8 Å². The Morgan fingerprint density at radius 2 is 1.92 bits per heavy atom. The number of unbranched alkanes of at least 4 members (excludes halogenated alkanes) is 1. The fraction of sp³-hybridized carbons (Fsp3) is 0.412. The molecule has 0 unspecified atom stereocenters. The molecule has 0 bridgehead atoms. The number of carbonyl (C=O) groups is 1. The van der Waals surface area contributed by atoms with Gasteiger partial charge in [-0.3, -0.25) is 4.79 Å². The minimum absolute atomic E-state index is 0.129. The van der Waals surface area contributed by atoms with Crippen LogP contribution < -0.4 is 20.1 Å². The Balaban J connectivity index is 1.65. The van der Waals surface area contributed by atoms with Gasteiger partial charge in [-0.05, 0) is 37.1 Å². The van der Waals surface area contributed by atoms with Gasteiger partial charge < -0.3 is 24.7 Å². The fourth-order valence-corrected chi connectivity index (χ4v) is 2.26. The maximum absolute atomic E-state index is 12.2. The molecule has 0 atom stereocenters. The second kappa shape index (κ2) is 8.81. The van der Waals surface area contributed by atoms with Crippen molar-refractivity contribution in [3.63, 3.8) is 0 Å². The van der Waals surface area contributed by atoms with Crippen molar-refractivity contribution in [3.8, 4) is 11.5 Å². The van der Waals surface area contributed by atoms with Crippen molar-refractivity contribution in [2.45, 2.75) is 12.8 Å². The van der Waals surface area contributed by atoms with Crippen LogP contribution in [0.3, 0.4) is 0 Å². The Morgan fingerprint density at radius 3 is 2.58 bits per heavy atom. The molecule has 2 aromatic rings. The molecule has 0 saturated carbocycles. The molecule has 0 aliphatic carbocycles. The van der Waals surface area contributed by atoms with Crippen molar-refractivity contribution >= 4 is 11.7 Å². The topological polar surface area (TPSA) is 77.4 Å². The predicted octanol–water partition coefficient (Wildman–Crippen LogP) is 2.06. The lowest BCUT2D eigenvalue weighted by molar-refractivity contribution is 0.0945. The molecule has 1 amide bonds. The number of hydrogen-bond acceptors (Lipinski definition) is 5. The van der Waals surface area contributed by atoms with Crippen molar-refractivity contribution in [3.05, 3.63) is 36.3 Å². The highest BCUT2D eigenvalue weighted by Crippen LogP contribution is 2.17. The van der Waals surface area contributed by atoms with E-state index in [-0.39, 0.29) is 5.91 Å². The second-order valence-corrected chi connectivity index (χ2v) is 5.29. The standard InChI is InChI=1S/C17H24N4O3/c1-18-16-15(21(2)12-20-16)17(22)19-10-4-5-11-24-14-8-6-13(23-3)7-9-14/h6-9,12,18H,4-5,10-11H2,1-3H3,(H,19,22). The van der Waals surface area contributed by atoms with Gasteiger partial charge in [-0.1, -0.05) is 0 Å². The van der Waals surface area contributed by atoms with Crippen molar-refractivity contribution in [2.75, 3.05) is 32.6 Å². The minimum Gasteiger partial charge on any atom is -0.497 e. The van der Waals surface area contributed by atoms with Crippen molar-refractivity contribution < 1.29 is 14.3 Å². The van der Waals surface area contributed by atoms with Gasteiger partial charge in [0.05, 0.1) is 20.0 Å². The van der Waals surface area contributed by atoms with Crippen LogP contribution >= 0.6 is 0 Å². The molecule has 2 N–H and O–H groups in total. The lowest BCUT2D eigenvalue weighted by Crippen LogP contribution is -2.27. The number of rotatable bonds is 9. The van der Waals surface area contributed by atoms with E-state index in [4.69, 9.17) is 9.47 Å².